The summed E-state index contributed by atoms with van der Waals surface area (Å²) in [5.41, 5.74) is 9.21. The largest absolute Gasteiger partial charge is 0.378 e. The van der Waals surface area contributed by atoms with Crippen LogP contribution in [0.4, 0.5) is 0 Å². The molecule has 1 aliphatic rings. The molecule has 0 saturated carbocycles. The molecule has 0 bridgehead atoms. The standard InChI is InChI=1S/C13H23N3O/c1-10-13(9-14)11(2)16(15-10)7-3-5-12-6-4-8-17-12/h12H,3-9,14H2,1-2H3. The molecular formula is C13H23N3O. The number of nitrogens with two attached hydrogens (primary N) is 1. The summed E-state index contributed by atoms with van der Waals surface area (Å²) in [7, 11) is 0. The molecule has 0 spiro atoms. The van der Waals surface area contributed by atoms with E-state index in [2.05, 4.69) is 16.7 Å². The lowest BCUT2D eigenvalue weighted by Crippen LogP contribution is -2.09. The molecule has 96 valence electrons. The highest BCUT2D eigenvalue weighted by Gasteiger charge is 2.15. The lowest BCUT2D eigenvalue weighted by atomic mass is 10.1. The zero-order valence-corrected chi connectivity index (χ0v) is 10.9. The highest BCUT2D eigenvalue weighted by Crippen LogP contribution is 2.18. The maximum absolute atomic E-state index is 5.72. The van der Waals surface area contributed by atoms with Gasteiger partial charge in [-0.2, -0.15) is 5.10 Å². The van der Waals surface area contributed by atoms with E-state index in [0.29, 0.717) is 12.6 Å². The average molecular weight is 237 g/mol. The van der Waals surface area contributed by atoms with Crippen LogP contribution in [0, 0.1) is 13.8 Å². The number of aromatic nitrogens is 2. The van der Waals surface area contributed by atoms with Crippen LogP contribution in [-0.4, -0.2) is 22.5 Å². The molecule has 1 fully saturated rings. The lowest BCUT2D eigenvalue weighted by molar-refractivity contribution is 0.101. The normalized spacial score (nSPS) is 20.1. The van der Waals surface area contributed by atoms with Crippen LogP contribution in [0.1, 0.15) is 42.6 Å². The van der Waals surface area contributed by atoms with Gasteiger partial charge in [0.25, 0.3) is 0 Å². The van der Waals surface area contributed by atoms with Crippen LogP contribution >= 0.6 is 0 Å². The van der Waals surface area contributed by atoms with Crippen molar-refractivity contribution in [1.29, 1.82) is 0 Å². The first-order valence-electron chi connectivity index (χ1n) is 6.57. The molecule has 0 radical (unpaired) electrons. The fourth-order valence-electron chi connectivity index (χ4n) is 2.59. The number of aryl methyl sites for hydroxylation is 2. The minimum atomic E-state index is 0.487. The molecule has 4 nitrogen and oxygen atoms in total. The van der Waals surface area contributed by atoms with E-state index in [1.54, 1.807) is 0 Å². The Bertz CT molecular complexity index is 367. The van der Waals surface area contributed by atoms with Crippen molar-refractivity contribution < 1.29 is 4.74 Å². The van der Waals surface area contributed by atoms with Crippen molar-refractivity contribution in [2.45, 2.75) is 58.7 Å². The quantitative estimate of drug-likeness (QED) is 0.851. The highest BCUT2D eigenvalue weighted by atomic mass is 16.5. The number of ether oxygens (including phenoxy) is 1. The molecule has 2 heterocycles. The first kappa shape index (κ1) is 12.6. The third kappa shape index (κ3) is 2.87. The summed E-state index contributed by atoms with van der Waals surface area (Å²) < 4.78 is 7.71. The maximum Gasteiger partial charge on any atom is 0.0641 e. The first-order valence-corrected chi connectivity index (χ1v) is 6.57. The second-order valence-corrected chi connectivity index (χ2v) is 4.85. The summed E-state index contributed by atoms with van der Waals surface area (Å²) in [4.78, 5) is 0. The van der Waals surface area contributed by atoms with E-state index < -0.39 is 0 Å². The molecule has 1 saturated heterocycles. The number of rotatable bonds is 5. The van der Waals surface area contributed by atoms with Gasteiger partial charge in [-0.05, 0) is 39.5 Å². The number of nitrogens with zero attached hydrogens (tertiary/aromatic N) is 2. The van der Waals surface area contributed by atoms with Gasteiger partial charge in [0.1, 0.15) is 0 Å². The van der Waals surface area contributed by atoms with Gasteiger partial charge in [-0.1, -0.05) is 0 Å². The average Bonchev–Trinajstić information content (AvgIpc) is 2.89. The Morgan fingerprint density at radius 2 is 2.29 bits per heavy atom. The number of hydrogen-bond acceptors (Lipinski definition) is 3. The van der Waals surface area contributed by atoms with Crippen molar-refractivity contribution in [2.75, 3.05) is 6.61 Å². The van der Waals surface area contributed by atoms with E-state index in [0.717, 1.165) is 31.7 Å². The van der Waals surface area contributed by atoms with Crippen molar-refractivity contribution in [3.8, 4) is 0 Å². The molecule has 0 amide bonds. The van der Waals surface area contributed by atoms with Gasteiger partial charge in [-0.3, -0.25) is 4.68 Å². The predicted molar refractivity (Wildman–Crippen MR) is 67.8 cm³/mol. The minimum Gasteiger partial charge on any atom is -0.378 e. The zero-order valence-electron chi connectivity index (χ0n) is 10.9. The van der Waals surface area contributed by atoms with Crippen LogP contribution in [0.5, 0.6) is 0 Å². The van der Waals surface area contributed by atoms with Gasteiger partial charge in [0.05, 0.1) is 11.8 Å². The van der Waals surface area contributed by atoms with Crippen LogP contribution < -0.4 is 5.73 Å². The molecule has 2 N–H and O–H groups in total. The zero-order chi connectivity index (χ0) is 12.3. The van der Waals surface area contributed by atoms with Crippen LogP contribution in [0.15, 0.2) is 0 Å². The second kappa shape index (κ2) is 5.65. The molecule has 2 rings (SSSR count). The Labute approximate surface area is 103 Å². The molecule has 1 aromatic heterocycles. The molecular weight excluding hydrogens is 214 g/mol. The Morgan fingerprint density at radius 1 is 1.47 bits per heavy atom. The summed E-state index contributed by atoms with van der Waals surface area (Å²) >= 11 is 0. The second-order valence-electron chi connectivity index (χ2n) is 4.85. The predicted octanol–water partition coefficient (Wildman–Crippen LogP) is 1.92. The van der Waals surface area contributed by atoms with E-state index in [4.69, 9.17) is 10.5 Å². The Hall–Kier alpha value is -0.870. The van der Waals surface area contributed by atoms with Gasteiger partial charge in [0.2, 0.25) is 0 Å². The van der Waals surface area contributed by atoms with Crippen molar-refractivity contribution in [3.63, 3.8) is 0 Å². The highest BCUT2D eigenvalue weighted by molar-refractivity contribution is 5.23. The molecule has 0 aliphatic carbocycles. The molecule has 17 heavy (non-hydrogen) atoms. The van der Waals surface area contributed by atoms with E-state index in [1.165, 1.54) is 24.1 Å². The van der Waals surface area contributed by atoms with Crippen molar-refractivity contribution in [3.05, 3.63) is 17.0 Å². The fourth-order valence-corrected chi connectivity index (χ4v) is 2.59. The van der Waals surface area contributed by atoms with E-state index >= 15 is 0 Å². The monoisotopic (exact) mass is 237 g/mol. The van der Waals surface area contributed by atoms with Crippen LogP contribution in [0.2, 0.25) is 0 Å². The third-order valence-electron chi connectivity index (χ3n) is 3.66. The van der Waals surface area contributed by atoms with E-state index in [9.17, 15) is 0 Å². The van der Waals surface area contributed by atoms with Gasteiger partial charge in [-0.15, -0.1) is 0 Å². The Kier molecular flexibility index (Phi) is 4.18. The summed E-state index contributed by atoms with van der Waals surface area (Å²) in [5.74, 6) is 0. The van der Waals surface area contributed by atoms with Gasteiger partial charge < -0.3 is 10.5 Å². The maximum atomic E-state index is 5.72. The summed E-state index contributed by atoms with van der Waals surface area (Å²) in [5, 5.41) is 4.54. The fraction of sp³-hybridized carbons (Fsp3) is 0.769. The number of hydrogen-bond donors (Lipinski definition) is 1. The molecule has 1 atom stereocenters. The minimum absolute atomic E-state index is 0.487. The summed E-state index contributed by atoms with van der Waals surface area (Å²) in [6.07, 6.45) is 5.22. The van der Waals surface area contributed by atoms with Crippen LogP contribution in [0.3, 0.4) is 0 Å². The van der Waals surface area contributed by atoms with Crippen molar-refractivity contribution in [1.82, 2.24) is 9.78 Å². The molecule has 4 heteroatoms. The topological polar surface area (TPSA) is 53.1 Å². The van der Waals surface area contributed by atoms with Crippen molar-refractivity contribution in [2.24, 2.45) is 5.73 Å². The van der Waals surface area contributed by atoms with Crippen LogP contribution in [-0.2, 0) is 17.8 Å². The van der Waals surface area contributed by atoms with Crippen molar-refractivity contribution >= 4 is 0 Å². The summed E-state index contributed by atoms with van der Waals surface area (Å²) in [6, 6.07) is 0. The smallest absolute Gasteiger partial charge is 0.0641 e. The Balaban J connectivity index is 1.86. The van der Waals surface area contributed by atoms with Gasteiger partial charge in [0.15, 0.2) is 0 Å². The first-order chi connectivity index (χ1) is 8.22. The third-order valence-corrected chi connectivity index (χ3v) is 3.66. The Morgan fingerprint density at radius 3 is 2.88 bits per heavy atom. The van der Waals surface area contributed by atoms with E-state index in [-0.39, 0.29) is 0 Å². The van der Waals surface area contributed by atoms with Crippen LogP contribution in [0.25, 0.3) is 0 Å². The van der Waals surface area contributed by atoms with E-state index in [1.807, 2.05) is 6.92 Å². The SMILES string of the molecule is Cc1nn(CCCC2CCCO2)c(C)c1CN. The molecule has 1 aromatic rings. The van der Waals surface area contributed by atoms with Gasteiger partial charge in [0, 0.05) is 31.0 Å². The molecule has 1 unspecified atom stereocenters. The molecule has 0 aromatic carbocycles. The lowest BCUT2D eigenvalue weighted by Gasteiger charge is -2.09. The van der Waals surface area contributed by atoms with Gasteiger partial charge >= 0.3 is 0 Å². The van der Waals surface area contributed by atoms with Gasteiger partial charge in [-0.25, -0.2) is 0 Å². The molecule has 1 aliphatic heterocycles. The summed E-state index contributed by atoms with van der Waals surface area (Å²) in [6.45, 7) is 6.65.